The fraction of sp³-hybridized carbons (Fsp3) is 0.300. The van der Waals surface area contributed by atoms with E-state index >= 15 is 0 Å². The first-order chi connectivity index (χ1) is 6.83. The maximum atomic E-state index is 11.6. The van der Waals surface area contributed by atoms with Crippen molar-refractivity contribution in [3.63, 3.8) is 0 Å². The van der Waals surface area contributed by atoms with Gasteiger partial charge in [-0.05, 0) is 6.07 Å². The minimum Gasteiger partial charge on any atom is -0.272 e. The van der Waals surface area contributed by atoms with Crippen LogP contribution in [0.4, 0.5) is 0 Å². The molecule has 2 nitrogen and oxygen atoms in total. The number of hydrogen-bond acceptors (Lipinski definition) is 1. The molecule has 74 valence electrons. The normalized spacial score (nSPS) is 12.2. The van der Waals surface area contributed by atoms with Gasteiger partial charge in [0, 0.05) is 16.9 Å². The van der Waals surface area contributed by atoms with Crippen LogP contribution in [0, 0.1) is 0 Å². The highest BCUT2D eigenvalue weighted by molar-refractivity contribution is 14.1. The van der Waals surface area contributed by atoms with E-state index in [1.807, 2.05) is 18.2 Å². The molecule has 0 bridgehead atoms. The summed E-state index contributed by atoms with van der Waals surface area (Å²) in [6, 6.07) is 8.00. The number of fused-ring (bicyclic) bond motifs is 1. The van der Waals surface area contributed by atoms with Gasteiger partial charge in [0.1, 0.15) is 11.3 Å². The lowest BCUT2D eigenvalue weighted by Crippen LogP contribution is -1.97. The summed E-state index contributed by atoms with van der Waals surface area (Å²) in [5.74, 6) is 0.992. The third-order valence-electron chi connectivity index (χ3n) is 2.10. The molecule has 0 saturated heterocycles. The van der Waals surface area contributed by atoms with Gasteiger partial charge in [0.05, 0.1) is 10.5 Å². The Morgan fingerprint density at radius 3 is 2.93 bits per heavy atom. The summed E-state index contributed by atoms with van der Waals surface area (Å²) in [5, 5.41) is 0. The van der Waals surface area contributed by atoms with E-state index in [0.717, 1.165) is 22.1 Å². The van der Waals surface area contributed by atoms with Crippen molar-refractivity contribution in [2.75, 3.05) is 4.43 Å². The monoisotopic (exact) mass is 320 g/mol. The number of H-pyrrole nitrogens is 1. The fourth-order valence-corrected chi connectivity index (χ4v) is 4.26. The first kappa shape index (κ1) is 10.2. The SMILES string of the molecule is O=c1[nH]c2ccccc2[s+]1CCCI. The second kappa shape index (κ2) is 4.44. The summed E-state index contributed by atoms with van der Waals surface area (Å²) >= 11 is 2.35. The Labute approximate surface area is 98.5 Å². The van der Waals surface area contributed by atoms with Crippen molar-refractivity contribution in [3.8, 4) is 0 Å². The number of nitrogens with one attached hydrogen (secondary N) is 1. The van der Waals surface area contributed by atoms with Gasteiger partial charge < -0.3 is 0 Å². The van der Waals surface area contributed by atoms with Crippen molar-refractivity contribution < 1.29 is 0 Å². The van der Waals surface area contributed by atoms with E-state index in [-0.39, 0.29) is 15.3 Å². The highest BCUT2D eigenvalue weighted by Crippen LogP contribution is 2.26. The molecular weight excluding hydrogens is 309 g/mol. The van der Waals surface area contributed by atoms with Gasteiger partial charge in [0.2, 0.25) is 4.70 Å². The number of thiazole rings is 1. The molecule has 0 aliphatic rings. The van der Waals surface area contributed by atoms with Crippen molar-refractivity contribution in [2.24, 2.45) is 0 Å². The molecule has 1 aromatic heterocycles. The number of hydrogen-bond donors (Lipinski definition) is 1. The molecule has 0 fully saturated rings. The standard InChI is InChI=1S/C10H10INOS/c11-6-3-7-14-9-5-2-1-4-8(9)12-10(14)13/h1-2,4-5H,3,6-7H2/p+1. The van der Waals surface area contributed by atoms with Crippen LogP contribution < -0.4 is 4.87 Å². The lowest BCUT2D eigenvalue weighted by Gasteiger charge is -1.86. The van der Waals surface area contributed by atoms with E-state index in [1.165, 1.54) is 4.70 Å². The zero-order valence-corrected chi connectivity index (χ0v) is 10.6. The molecule has 0 aliphatic heterocycles. The van der Waals surface area contributed by atoms with Gasteiger partial charge in [-0.15, -0.1) is 0 Å². The van der Waals surface area contributed by atoms with E-state index < -0.39 is 0 Å². The number of halogens is 1. The zero-order chi connectivity index (χ0) is 9.97. The number of benzene rings is 1. The fourth-order valence-electron chi connectivity index (χ4n) is 1.46. The van der Waals surface area contributed by atoms with Gasteiger partial charge in [0.15, 0.2) is 0 Å². The first-order valence-electron chi connectivity index (χ1n) is 4.50. The molecule has 14 heavy (non-hydrogen) atoms. The minimum absolute atomic E-state index is 0.191. The molecule has 1 atom stereocenters. The molecule has 1 unspecified atom stereocenters. The third kappa shape index (κ3) is 1.86. The van der Waals surface area contributed by atoms with Gasteiger partial charge >= 0.3 is 4.87 Å². The molecule has 2 aromatic rings. The Morgan fingerprint density at radius 1 is 1.36 bits per heavy atom. The molecule has 4 heteroatoms. The Hall–Kier alpha value is -0.360. The summed E-state index contributed by atoms with van der Waals surface area (Å²) in [7, 11) is -0.202. The molecule has 0 amide bonds. The third-order valence-corrected chi connectivity index (χ3v) is 4.99. The average Bonchev–Trinajstić information content (AvgIpc) is 2.51. The second-order valence-corrected chi connectivity index (χ2v) is 6.13. The van der Waals surface area contributed by atoms with Gasteiger partial charge in [0.25, 0.3) is 0 Å². The molecule has 0 spiro atoms. The summed E-state index contributed by atoms with van der Waals surface area (Å²) < 4.78 is 2.32. The topological polar surface area (TPSA) is 32.9 Å². The number of para-hydroxylation sites is 1. The maximum absolute atomic E-state index is 11.6. The van der Waals surface area contributed by atoms with E-state index in [1.54, 1.807) is 0 Å². The number of aryl methyl sites for hydroxylation is 1. The van der Waals surface area contributed by atoms with Crippen molar-refractivity contribution in [1.29, 1.82) is 0 Å². The summed E-state index contributed by atoms with van der Waals surface area (Å²) in [6.45, 7) is 0. The zero-order valence-electron chi connectivity index (χ0n) is 7.63. The van der Waals surface area contributed by atoms with Crippen LogP contribution in [-0.2, 0) is 5.75 Å². The Balaban J connectivity index is 2.51. The number of rotatable bonds is 3. The summed E-state index contributed by atoms with van der Waals surface area (Å²) in [5.41, 5.74) is 1.01. The quantitative estimate of drug-likeness (QED) is 0.526. The predicted octanol–water partition coefficient (Wildman–Crippen LogP) is 3.10. The average molecular weight is 320 g/mol. The molecular formula is C10H11INOS+. The highest BCUT2D eigenvalue weighted by atomic mass is 127. The van der Waals surface area contributed by atoms with Crippen LogP contribution in [0.1, 0.15) is 6.42 Å². The maximum Gasteiger partial charge on any atom is 0.455 e. The minimum atomic E-state index is -0.202. The van der Waals surface area contributed by atoms with Gasteiger partial charge in [-0.3, -0.25) is 4.98 Å². The van der Waals surface area contributed by atoms with Gasteiger partial charge in [-0.2, -0.15) is 0 Å². The number of aromatic amines is 1. The highest BCUT2D eigenvalue weighted by Gasteiger charge is 2.17. The molecule has 0 radical (unpaired) electrons. The molecule has 0 saturated carbocycles. The van der Waals surface area contributed by atoms with Crippen molar-refractivity contribution >= 4 is 43.3 Å². The molecule has 2 rings (SSSR count). The lowest BCUT2D eigenvalue weighted by molar-refractivity contribution is 1.06. The van der Waals surface area contributed by atoms with E-state index in [9.17, 15) is 4.79 Å². The molecule has 1 aromatic carbocycles. The van der Waals surface area contributed by atoms with Crippen LogP contribution in [0.5, 0.6) is 0 Å². The smallest absolute Gasteiger partial charge is 0.272 e. The van der Waals surface area contributed by atoms with E-state index in [2.05, 4.69) is 33.6 Å². The lowest BCUT2D eigenvalue weighted by atomic mass is 10.3. The Morgan fingerprint density at radius 2 is 2.14 bits per heavy atom. The van der Waals surface area contributed by atoms with Crippen LogP contribution in [-0.4, -0.2) is 9.41 Å². The van der Waals surface area contributed by atoms with Gasteiger partial charge in [-0.25, -0.2) is 4.79 Å². The summed E-state index contributed by atoms with van der Waals surface area (Å²) in [4.78, 5) is 14.8. The first-order valence-corrected chi connectivity index (χ1v) is 7.42. The van der Waals surface area contributed by atoms with Crippen LogP contribution in [0.2, 0.25) is 0 Å². The molecule has 1 N–H and O–H groups in total. The Kier molecular flexibility index (Phi) is 3.22. The Bertz CT molecular complexity index is 488. The second-order valence-electron chi connectivity index (χ2n) is 3.05. The summed E-state index contributed by atoms with van der Waals surface area (Å²) in [6.07, 6.45) is 1.12. The molecule has 1 heterocycles. The van der Waals surface area contributed by atoms with E-state index in [4.69, 9.17) is 0 Å². The van der Waals surface area contributed by atoms with Crippen molar-refractivity contribution in [1.82, 2.24) is 4.98 Å². The largest absolute Gasteiger partial charge is 0.455 e. The van der Waals surface area contributed by atoms with Crippen molar-refractivity contribution in [3.05, 3.63) is 33.9 Å². The predicted molar refractivity (Wildman–Crippen MR) is 70.6 cm³/mol. The van der Waals surface area contributed by atoms with Crippen LogP contribution >= 0.6 is 33.1 Å². The number of alkyl halides is 1. The van der Waals surface area contributed by atoms with Crippen LogP contribution in [0.25, 0.3) is 10.2 Å². The van der Waals surface area contributed by atoms with Crippen molar-refractivity contribution in [2.45, 2.75) is 12.2 Å². The van der Waals surface area contributed by atoms with Crippen LogP contribution in [0.15, 0.2) is 29.1 Å². The van der Waals surface area contributed by atoms with Crippen LogP contribution in [0.3, 0.4) is 0 Å². The van der Waals surface area contributed by atoms with E-state index in [0.29, 0.717) is 0 Å². The molecule has 0 aliphatic carbocycles. The van der Waals surface area contributed by atoms with Gasteiger partial charge in [-0.1, -0.05) is 34.7 Å². The number of aromatic nitrogens is 1.